The molecular formula is C19H28F3NO3. The van der Waals surface area contributed by atoms with E-state index in [-0.39, 0.29) is 11.9 Å². The molecule has 1 aromatic carbocycles. The Morgan fingerprint density at radius 2 is 1.88 bits per heavy atom. The molecule has 0 aliphatic carbocycles. The van der Waals surface area contributed by atoms with Gasteiger partial charge in [0.2, 0.25) is 0 Å². The van der Waals surface area contributed by atoms with Gasteiger partial charge < -0.3 is 14.7 Å². The van der Waals surface area contributed by atoms with E-state index in [1.54, 1.807) is 0 Å². The molecule has 0 amide bonds. The third-order valence-corrected chi connectivity index (χ3v) is 4.16. The van der Waals surface area contributed by atoms with E-state index in [1.807, 2.05) is 14.0 Å². The highest BCUT2D eigenvalue weighted by molar-refractivity contribution is 5.88. The van der Waals surface area contributed by atoms with E-state index >= 15 is 0 Å². The summed E-state index contributed by atoms with van der Waals surface area (Å²) in [6.45, 7) is 5.74. The van der Waals surface area contributed by atoms with Crippen LogP contribution in [0, 0.1) is 0 Å². The summed E-state index contributed by atoms with van der Waals surface area (Å²) in [5, 5.41) is 8.93. The maximum Gasteiger partial charge on any atom is 0.419 e. The lowest BCUT2D eigenvalue weighted by molar-refractivity contribution is -0.139. The van der Waals surface area contributed by atoms with Gasteiger partial charge in [-0.3, -0.25) is 0 Å². The summed E-state index contributed by atoms with van der Waals surface area (Å²) in [5.41, 5.74) is -1.45. The molecule has 0 aromatic heterocycles. The van der Waals surface area contributed by atoms with Crippen LogP contribution in [0.4, 0.5) is 13.2 Å². The summed E-state index contributed by atoms with van der Waals surface area (Å²) in [7, 11) is 1.99. The van der Waals surface area contributed by atoms with Gasteiger partial charge in [-0.25, -0.2) is 4.79 Å². The average molecular weight is 375 g/mol. The van der Waals surface area contributed by atoms with E-state index in [4.69, 9.17) is 9.84 Å². The van der Waals surface area contributed by atoms with Gasteiger partial charge in [0.25, 0.3) is 0 Å². The minimum Gasteiger partial charge on any atom is -0.490 e. The van der Waals surface area contributed by atoms with Crippen molar-refractivity contribution in [1.82, 2.24) is 4.90 Å². The summed E-state index contributed by atoms with van der Waals surface area (Å²) >= 11 is 0. The molecule has 1 unspecified atom stereocenters. The van der Waals surface area contributed by atoms with Gasteiger partial charge in [0, 0.05) is 6.54 Å². The monoisotopic (exact) mass is 375 g/mol. The molecule has 7 heteroatoms. The molecule has 0 fully saturated rings. The Kier molecular flexibility index (Phi) is 8.92. The molecule has 4 nitrogen and oxygen atoms in total. The lowest BCUT2D eigenvalue weighted by atomic mass is 10.1. The first-order chi connectivity index (χ1) is 12.2. The Balaban J connectivity index is 2.91. The molecular weight excluding hydrogens is 347 g/mol. The van der Waals surface area contributed by atoms with Crippen LogP contribution in [0.25, 0.3) is 0 Å². The molecule has 0 saturated heterocycles. The standard InChI is InChI=1S/C19H28F3NO3/c1-4-6-11-23(3)12-10-15(7-5-2)26-17-9-8-14(18(24)25)13-16(17)19(20,21)22/h8-9,13,15H,4-7,10-12H2,1-3H3,(H,24,25). The van der Waals surface area contributed by atoms with Crippen LogP contribution in [0.1, 0.15) is 61.9 Å². The van der Waals surface area contributed by atoms with Gasteiger partial charge in [0.1, 0.15) is 5.75 Å². The van der Waals surface area contributed by atoms with Crippen LogP contribution in [0.3, 0.4) is 0 Å². The first-order valence-electron chi connectivity index (χ1n) is 8.98. The molecule has 1 N–H and O–H groups in total. The molecule has 0 heterocycles. The van der Waals surface area contributed by atoms with Gasteiger partial charge >= 0.3 is 12.1 Å². The minimum absolute atomic E-state index is 0.308. The van der Waals surface area contributed by atoms with Crippen molar-refractivity contribution >= 4 is 5.97 Å². The number of nitrogens with zero attached hydrogens (tertiary/aromatic N) is 1. The number of alkyl halides is 3. The number of carboxylic acid groups (broad SMARTS) is 1. The van der Waals surface area contributed by atoms with Crippen LogP contribution in [0.2, 0.25) is 0 Å². The number of benzene rings is 1. The van der Waals surface area contributed by atoms with Crippen molar-refractivity contribution in [2.45, 2.75) is 58.2 Å². The van der Waals surface area contributed by atoms with Gasteiger partial charge in [-0.05, 0) is 51.1 Å². The zero-order valence-electron chi connectivity index (χ0n) is 15.6. The van der Waals surface area contributed by atoms with Crippen molar-refractivity contribution in [2.75, 3.05) is 20.1 Å². The number of rotatable bonds is 11. The highest BCUT2D eigenvalue weighted by Crippen LogP contribution is 2.37. The molecule has 0 bridgehead atoms. The normalized spacial score (nSPS) is 13.0. The fourth-order valence-corrected chi connectivity index (χ4v) is 2.66. The maximum absolute atomic E-state index is 13.3. The molecule has 0 aliphatic heterocycles. The number of halogens is 3. The van der Waals surface area contributed by atoms with Crippen molar-refractivity contribution in [3.63, 3.8) is 0 Å². The van der Waals surface area contributed by atoms with Crippen LogP contribution < -0.4 is 4.74 Å². The first kappa shape index (κ1) is 22.3. The summed E-state index contributed by atoms with van der Waals surface area (Å²) in [4.78, 5) is 13.1. The minimum atomic E-state index is -4.67. The van der Waals surface area contributed by atoms with Crippen molar-refractivity contribution in [1.29, 1.82) is 0 Å². The Bertz CT molecular complexity index is 576. The molecule has 0 radical (unpaired) electrons. The number of hydrogen-bond donors (Lipinski definition) is 1. The summed E-state index contributed by atoms with van der Waals surface area (Å²) in [6, 6.07) is 2.88. The molecule has 0 saturated carbocycles. The van der Waals surface area contributed by atoms with E-state index in [0.717, 1.165) is 44.5 Å². The number of ether oxygens (including phenoxy) is 1. The zero-order valence-corrected chi connectivity index (χ0v) is 15.6. The summed E-state index contributed by atoms with van der Waals surface area (Å²) in [6.07, 6.45) is -0.811. The first-order valence-corrected chi connectivity index (χ1v) is 8.98. The smallest absolute Gasteiger partial charge is 0.419 e. The van der Waals surface area contributed by atoms with Gasteiger partial charge in [-0.1, -0.05) is 26.7 Å². The SMILES string of the molecule is CCCCN(C)CCC(CCC)Oc1ccc(C(=O)O)cc1C(F)(F)F. The number of aromatic carboxylic acids is 1. The molecule has 1 aromatic rings. The van der Waals surface area contributed by atoms with Crippen LogP contribution in [-0.2, 0) is 6.18 Å². The van der Waals surface area contributed by atoms with Crippen LogP contribution in [0.15, 0.2) is 18.2 Å². The number of carbonyl (C=O) groups is 1. The highest BCUT2D eigenvalue weighted by Gasteiger charge is 2.35. The fourth-order valence-electron chi connectivity index (χ4n) is 2.66. The molecule has 26 heavy (non-hydrogen) atoms. The third-order valence-electron chi connectivity index (χ3n) is 4.16. The number of unbranched alkanes of at least 4 members (excludes halogenated alkanes) is 1. The molecule has 0 aliphatic rings. The van der Waals surface area contributed by atoms with E-state index in [9.17, 15) is 18.0 Å². The Labute approximate surface area is 153 Å². The predicted molar refractivity (Wildman–Crippen MR) is 94.7 cm³/mol. The van der Waals surface area contributed by atoms with Crippen molar-refractivity contribution in [3.05, 3.63) is 29.3 Å². The largest absolute Gasteiger partial charge is 0.490 e. The Morgan fingerprint density at radius 1 is 1.19 bits per heavy atom. The maximum atomic E-state index is 13.3. The average Bonchev–Trinajstić information content (AvgIpc) is 2.57. The lowest BCUT2D eigenvalue weighted by Crippen LogP contribution is -2.27. The second kappa shape index (κ2) is 10.4. The van der Waals surface area contributed by atoms with Crippen molar-refractivity contribution < 1.29 is 27.8 Å². The van der Waals surface area contributed by atoms with Crippen molar-refractivity contribution in [2.24, 2.45) is 0 Å². The second-order valence-corrected chi connectivity index (χ2v) is 6.49. The summed E-state index contributed by atoms with van der Waals surface area (Å²) < 4.78 is 45.6. The van der Waals surface area contributed by atoms with Gasteiger partial charge in [-0.2, -0.15) is 13.2 Å². The lowest BCUT2D eigenvalue weighted by Gasteiger charge is -2.24. The molecule has 1 rings (SSSR count). The predicted octanol–water partition coefficient (Wildman–Crippen LogP) is 5.07. The van der Waals surface area contributed by atoms with Crippen LogP contribution in [-0.4, -0.2) is 42.2 Å². The van der Waals surface area contributed by atoms with Gasteiger partial charge in [0.15, 0.2) is 0 Å². The van der Waals surface area contributed by atoms with Crippen LogP contribution >= 0.6 is 0 Å². The number of carboxylic acids is 1. The van der Waals surface area contributed by atoms with E-state index < -0.39 is 23.3 Å². The van der Waals surface area contributed by atoms with Crippen LogP contribution in [0.5, 0.6) is 5.75 Å². The van der Waals surface area contributed by atoms with Gasteiger partial charge in [0.05, 0.1) is 17.2 Å². The topological polar surface area (TPSA) is 49.8 Å². The van der Waals surface area contributed by atoms with Crippen molar-refractivity contribution in [3.8, 4) is 5.75 Å². The Morgan fingerprint density at radius 3 is 2.42 bits per heavy atom. The molecule has 1 atom stereocenters. The Hall–Kier alpha value is -1.76. The third kappa shape index (κ3) is 7.23. The summed E-state index contributed by atoms with van der Waals surface area (Å²) in [5.74, 6) is -1.71. The molecule has 148 valence electrons. The number of hydrogen-bond acceptors (Lipinski definition) is 3. The quantitative estimate of drug-likeness (QED) is 0.586. The highest BCUT2D eigenvalue weighted by atomic mass is 19.4. The van der Waals surface area contributed by atoms with E-state index in [0.29, 0.717) is 18.9 Å². The fraction of sp³-hybridized carbons (Fsp3) is 0.632. The second-order valence-electron chi connectivity index (χ2n) is 6.49. The van der Waals surface area contributed by atoms with Gasteiger partial charge in [-0.15, -0.1) is 0 Å². The van der Waals surface area contributed by atoms with E-state index in [1.165, 1.54) is 0 Å². The van der Waals surface area contributed by atoms with E-state index in [2.05, 4.69) is 11.8 Å². The molecule has 0 spiro atoms. The zero-order chi connectivity index (χ0) is 19.7.